The molecule has 6 rings (SSSR count). The number of methoxy groups -OCH3 is 1. The Bertz CT molecular complexity index is 1280. The second kappa shape index (κ2) is 9.59. The van der Waals surface area contributed by atoms with E-state index < -0.39 is 6.04 Å². The van der Waals surface area contributed by atoms with Crippen molar-refractivity contribution in [3.63, 3.8) is 0 Å². The van der Waals surface area contributed by atoms with Crippen LogP contribution in [0.3, 0.4) is 0 Å². The molecular weight excluding hydrogens is 456 g/mol. The number of aromatic nitrogens is 1. The van der Waals surface area contributed by atoms with E-state index in [4.69, 9.17) is 9.47 Å². The lowest BCUT2D eigenvalue weighted by Gasteiger charge is -2.47. The van der Waals surface area contributed by atoms with Crippen molar-refractivity contribution in [2.75, 3.05) is 53.0 Å². The van der Waals surface area contributed by atoms with E-state index in [-0.39, 0.29) is 24.4 Å². The Morgan fingerprint density at radius 2 is 1.89 bits per heavy atom. The van der Waals surface area contributed by atoms with Gasteiger partial charge in [0.2, 0.25) is 11.8 Å². The number of carbonyl (C=O) groups excluding carboxylic acids is 2. The number of ether oxygens (including phenoxy) is 2. The van der Waals surface area contributed by atoms with E-state index in [1.54, 1.807) is 12.0 Å². The van der Waals surface area contributed by atoms with Crippen LogP contribution in [0.2, 0.25) is 0 Å². The molecule has 4 heterocycles. The van der Waals surface area contributed by atoms with Gasteiger partial charge in [0.05, 0.1) is 32.9 Å². The molecule has 2 aromatic carbocycles. The summed E-state index contributed by atoms with van der Waals surface area (Å²) in [5, 5.41) is 1.12. The Morgan fingerprint density at radius 1 is 1.06 bits per heavy atom. The number of nitrogens with zero attached hydrogens (tertiary/aromatic N) is 3. The third-order valence-corrected chi connectivity index (χ3v) is 7.76. The van der Waals surface area contributed by atoms with Crippen LogP contribution >= 0.6 is 0 Å². The number of carbonyl (C=O) groups is 2. The minimum Gasteiger partial charge on any atom is -0.497 e. The second-order valence-corrected chi connectivity index (χ2v) is 9.83. The summed E-state index contributed by atoms with van der Waals surface area (Å²) in [4.78, 5) is 37.0. The molecule has 8 nitrogen and oxygen atoms in total. The molecule has 2 amide bonds. The van der Waals surface area contributed by atoms with Crippen LogP contribution in [-0.2, 0) is 20.7 Å². The van der Waals surface area contributed by atoms with Gasteiger partial charge < -0.3 is 24.3 Å². The van der Waals surface area contributed by atoms with E-state index in [0.29, 0.717) is 13.0 Å². The number of aromatic amines is 1. The molecule has 3 aliphatic heterocycles. The van der Waals surface area contributed by atoms with E-state index in [9.17, 15) is 9.59 Å². The molecule has 0 saturated carbocycles. The fourth-order valence-corrected chi connectivity index (χ4v) is 5.98. The first-order chi connectivity index (χ1) is 17.6. The molecule has 2 fully saturated rings. The van der Waals surface area contributed by atoms with Gasteiger partial charge >= 0.3 is 0 Å². The lowest BCUT2D eigenvalue weighted by molar-refractivity contribution is -0.158. The molecule has 0 aliphatic carbocycles. The molecule has 0 radical (unpaired) electrons. The number of benzene rings is 2. The fraction of sp³-hybridized carbons (Fsp3) is 0.429. The fourth-order valence-electron chi connectivity index (χ4n) is 5.98. The van der Waals surface area contributed by atoms with Crippen LogP contribution in [0.25, 0.3) is 10.9 Å². The van der Waals surface area contributed by atoms with Crippen molar-refractivity contribution < 1.29 is 19.1 Å². The Hall–Kier alpha value is -3.36. The highest BCUT2D eigenvalue weighted by Crippen LogP contribution is 2.43. The third kappa shape index (κ3) is 4.04. The van der Waals surface area contributed by atoms with Crippen molar-refractivity contribution in [1.82, 2.24) is 19.7 Å². The maximum atomic E-state index is 13.8. The number of hydrogen-bond acceptors (Lipinski definition) is 5. The summed E-state index contributed by atoms with van der Waals surface area (Å²) in [6, 6.07) is 15.1. The van der Waals surface area contributed by atoms with Gasteiger partial charge in [0, 0.05) is 49.2 Å². The summed E-state index contributed by atoms with van der Waals surface area (Å²) in [6.45, 7) is 5.00. The van der Waals surface area contributed by atoms with Crippen LogP contribution in [-0.4, -0.2) is 90.6 Å². The number of nitrogens with one attached hydrogen (secondary N) is 1. The second-order valence-electron chi connectivity index (χ2n) is 9.83. The van der Waals surface area contributed by atoms with Crippen LogP contribution in [0.4, 0.5) is 0 Å². The lowest BCUT2D eigenvalue weighted by Crippen LogP contribution is -2.63. The number of rotatable bonds is 6. The Balaban J connectivity index is 1.32. The number of hydrogen-bond donors (Lipinski definition) is 1. The van der Waals surface area contributed by atoms with Crippen LogP contribution in [0.5, 0.6) is 5.75 Å². The van der Waals surface area contributed by atoms with Crippen molar-refractivity contribution in [3.8, 4) is 5.75 Å². The summed E-state index contributed by atoms with van der Waals surface area (Å²) in [5.41, 5.74) is 4.07. The van der Waals surface area contributed by atoms with Gasteiger partial charge in [-0.15, -0.1) is 0 Å². The van der Waals surface area contributed by atoms with Crippen LogP contribution in [0.1, 0.15) is 29.3 Å². The smallest absolute Gasteiger partial charge is 0.246 e. The molecule has 3 aliphatic rings. The highest BCUT2D eigenvalue weighted by Gasteiger charge is 2.48. The van der Waals surface area contributed by atoms with Gasteiger partial charge in [-0.3, -0.25) is 14.5 Å². The topological polar surface area (TPSA) is 78.1 Å². The number of piperazine rings is 1. The lowest BCUT2D eigenvalue weighted by atomic mass is 9.86. The van der Waals surface area contributed by atoms with Crippen molar-refractivity contribution in [2.45, 2.75) is 24.9 Å². The monoisotopic (exact) mass is 488 g/mol. The molecule has 36 heavy (non-hydrogen) atoms. The SMILES string of the molecule is COc1cccc(C2c3[nH]c4ccccc4c3CC3C(=O)N(CCCN4CCOCC4)CC(=O)N32)c1. The minimum atomic E-state index is -0.516. The summed E-state index contributed by atoms with van der Waals surface area (Å²) in [5.74, 6) is 0.760. The zero-order valence-corrected chi connectivity index (χ0v) is 20.6. The highest BCUT2D eigenvalue weighted by atomic mass is 16.5. The maximum Gasteiger partial charge on any atom is 0.246 e. The molecule has 2 atom stereocenters. The molecule has 0 spiro atoms. The largest absolute Gasteiger partial charge is 0.497 e. The van der Waals surface area contributed by atoms with E-state index in [1.165, 1.54) is 0 Å². The standard InChI is InChI=1S/C28H32N4O4/c1-35-20-7-4-6-19(16-20)27-26-22(21-8-2-3-9-23(21)29-26)17-24-28(34)31(18-25(33)32(24)27)11-5-10-30-12-14-36-15-13-30/h2-4,6-9,16,24,27,29H,5,10-15,17-18H2,1H3. The molecule has 1 N–H and O–H groups in total. The Morgan fingerprint density at radius 3 is 2.72 bits per heavy atom. The van der Waals surface area contributed by atoms with Crippen LogP contribution in [0, 0.1) is 0 Å². The normalized spacial score (nSPS) is 22.6. The van der Waals surface area contributed by atoms with Gasteiger partial charge in [0.25, 0.3) is 0 Å². The zero-order valence-electron chi connectivity index (χ0n) is 20.6. The molecule has 8 heteroatoms. The van der Waals surface area contributed by atoms with Crippen molar-refractivity contribution in [1.29, 1.82) is 0 Å². The van der Waals surface area contributed by atoms with Crippen molar-refractivity contribution in [3.05, 3.63) is 65.4 Å². The van der Waals surface area contributed by atoms with Crippen LogP contribution in [0.15, 0.2) is 48.5 Å². The summed E-state index contributed by atoms with van der Waals surface area (Å²) < 4.78 is 10.9. The molecule has 188 valence electrons. The van der Waals surface area contributed by atoms with Crippen LogP contribution < -0.4 is 4.74 Å². The van der Waals surface area contributed by atoms with E-state index in [2.05, 4.69) is 22.0 Å². The first kappa shape index (κ1) is 23.1. The molecular formula is C28H32N4O4. The van der Waals surface area contributed by atoms with Gasteiger partial charge in [-0.2, -0.15) is 0 Å². The number of para-hydroxylation sites is 1. The van der Waals surface area contributed by atoms with Gasteiger partial charge in [-0.25, -0.2) is 0 Å². The van der Waals surface area contributed by atoms with Gasteiger partial charge in [0.1, 0.15) is 11.8 Å². The molecule has 2 unspecified atom stereocenters. The van der Waals surface area contributed by atoms with Crippen molar-refractivity contribution >= 4 is 22.7 Å². The Labute approximate surface area is 210 Å². The highest BCUT2D eigenvalue weighted by molar-refractivity contribution is 5.97. The number of fused-ring (bicyclic) bond motifs is 4. The van der Waals surface area contributed by atoms with Gasteiger partial charge in [-0.1, -0.05) is 30.3 Å². The van der Waals surface area contributed by atoms with E-state index >= 15 is 0 Å². The Kier molecular flexibility index (Phi) is 6.15. The first-order valence-electron chi connectivity index (χ1n) is 12.8. The average Bonchev–Trinajstić information content (AvgIpc) is 3.29. The quantitative estimate of drug-likeness (QED) is 0.577. The van der Waals surface area contributed by atoms with Gasteiger partial charge in [0.15, 0.2) is 0 Å². The maximum absolute atomic E-state index is 13.8. The molecule has 3 aromatic rings. The van der Waals surface area contributed by atoms with E-state index in [0.717, 1.165) is 72.7 Å². The predicted octanol–water partition coefficient (Wildman–Crippen LogP) is 2.58. The van der Waals surface area contributed by atoms with Gasteiger partial charge in [-0.05, 0) is 35.7 Å². The zero-order chi connectivity index (χ0) is 24.6. The molecule has 2 saturated heterocycles. The van der Waals surface area contributed by atoms with E-state index in [1.807, 2.05) is 41.3 Å². The summed E-state index contributed by atoms with van der Waals surface area (Å²) >= 11 is 0. The first-order valence-corrected chi connectivity index (χ1v) is 12.8. The predicted molar refractivity (Wildman–Crippen MR) is 136 cm³/mol. The number of H-pyrrole nitrogens is 1. The average molecular weight is 489 g/mol. The summed E-state index contributed by atoms with van der Waals surface area (Å²) in [6.07, 6.45) is 1.37. The molecule has 0 bridgehead atoms. The minimum absolute atomic E-state index is 0.0110. The number of amides is 2. The number of morpholine rings is 1. The van der Waals surface area contributed by atoms with Crippen molar-refractivity contribution in [2.24, 2.45) is 0 Å². The molecule has 1 aromatic heterocycles. The summed E-state index contributed by atoms with van der Waals surface area (Å²) in [7, 11) is 1.64. The third-order valence-electron chi connectivity index (χ3n) is 7.76.